The van der Waals surface area contributed by atoms with E-state index in [2.05, 4.69) is 45.9 Å². The number of hydrogen-bond acceptors (Lipinski definition) is 11. The summed E-state index contributed by atoms with van der Waals surface area (Å²) in [6.45, 7) is 13.1. The van der Waals surface area contributed by atoms with E-state index < -0.39 is 55.8 Å². The molecule has 0 aliphatic carbocycles. The van der Waals surface area contributed by atoms with Crippen LogP contribution in [0, 0.1) is 5.92 Å². The van der Waals surface area contributed by atoms with Gasteiger partial charge in [0.15, 0.2) is 23.6 Å². The molecule has 1 amide bonds. The van der Waals surface area contributed by atoms with Crippen molar-refractivity contribution < 1.29 is 42.1 Å². The molecule has 0 bridgehead atoms. The molecule has 0 spiro atoms. The zero-order valence-electron chi connectivity index (χ0n) is 33.7. The van der Waals surface area contributed by atoms with Gasteiger partial charge in [-0.2, -0.15) is 4.98 Å². The Balaban J connectivity index is 0.000000839. The molecule has 1 saturated heterocycles. The van der Waals surface area contributed by atoms with Crippen LogP contribution in [0.15, 0.2) is 90.0 Å². The van der Waals surface area contributed by atoms with Crippen molar-refractivity contribution in [2.75, 3.05) is 45.8 Å². The predicted molar refractivity (Wildman–Crippen MR) is 218 cm³/mol. The molecule has 0 saturated carbocycles. The number of fused-ring (bicyclic) bond motifs is 1. The van der Waals surface area contributed by atoms with E-state index in [4.69, 9.17) is 23.5 Å². The molecule has 1 fully saturated rings. The highest BCUT2D eigenvalue weighted by atomic mass is 31.1. The number of carbonyl (C=O) groups is 1. The van der Waals surface area contributed by atoms with Crippen LogP contribution in [0.3, 0.4) is 0 Å². The van der Waals surface area contributed by atoms with Crippen molar-refractivity contribution in [2.24, 2.45) is 5.92 Å². The van der Waals surface area contributed by atoms with E-state index in [0.29, 0.717) is 22.6 Å². The first-order valence-corrected chi connectivity index (χ1v) is 20.3. The SMILES string of the molecule is CCN(CC)CC.COc1ccc(C(OC[C@H]2O[C@@H](n3cnc4c(=O)[nH]c(NC(=O)C(C)C)nc43)[C@H](O[PH](=O)O)[C@@H]2F)(c2ccccc2)c2ccc(OC)cc2)cc1. The number of alkyl halides is 1. The zero-order chi connectivity index (χ0) is 42.0. The van der Waals surface area contributed by atoms with Crippen molar-refractivity contribution in [3.8, 4) is 11.5 Å². The molecule has 0 radical (unpaired) electrons. The van der Waals surface area contributed by atoms with Crippen molar-refractivity contribution in [3.63, 3.8) is 0 Å². The number of aromatic nitrogens is 4. The van der Waals surface area contributed by atoms with Gasteiger partial charge in [0.2, 0.25) is 11.9 Å². The molecule has 1 unspecified atom stereocenters. The smallest absolute Gasteiger partial charge is 0.317 e. The Morgan fingerprint density at radius 3 is 2.00 bits per heavy atom. The van der Waals surface area contributed by atoms with Gasteiger partial charge < -0.3 is 28.7 Å². The molecular weight excluding hydrogens is 770 g/mol. The average molecular weight is 823 g/mol. The molecule has 6 rings (SSSR count). The van der Waals surface area contributed by atoms with Crippen LogP contribution in [0.4, 0.5) is 10.3 Å². The molecule has 1 aliphatic rings. The summed E-state index contributed by atoms with van der Waals surface area (Å²) in [5.41, 5.74) is -0.0878. The van der Waals surface area contributed by atoms with Crippen molar-refractivity contribution in [1.82, 2.24) is 24.4 Å². The summed E-state index contributed by atoms with van der Waals surface area (Å²) in [6.07, 6.45) is -5.18. The highest BCUT2D eigenvalue weighted by molar-refractivity contribution is 7.32. The number of nitrogens with one attached hydrogen (secondary N) is 2. The Hall–Kier alpha value is -4.96. The molecule has 3 N–H and O–H groups in total. The van der Waals surface area contributed by atoms with Gasteiger partial charge in [-0.05, 0) is 60.6 Å². The number of rotatable bonds is 16. The minimum Gasteiger partial charge on any atom is -0.497 e. The largest absolute Gasteiger partial charge is 0.497 e. The number of nitrogens with zero attached hydrogens (tertiary/aromatic N) is 4. The van der Waals surface area contributed by atoms with E-state index in [9.17, 15) is 19.0 Å². The van der Waals surface area contributed by atoms with E-state index in [1.54, 1.807) is 52.3 Å². The van der Waals surface area contributed by atoms with Crippen molar-refractivity contribution >= 4 is 31.3 Å². The first kappa shape index (κ1) is 44.1. The lowest BCUT2D eigenvalue weighted by molar-refractivity contribution is -0.118. The summed E-state index contributed by atoms with van der Waals surface area (Å²) in [5.74, 6) is 0.251. The van der Waals surface area contributed by atoms with Crippen molar-refractivity contribution in [1.29, 1.82) is 0 Å². The standard InChI is InChI=1S/C35H37FN5O9P.C6H15N/c1-20(2)31(42)39-34-38-30-28(32(43)40-34)37-19-41(30)33-29(50-51(44)45)27(36)26(49-33)18-48-35(21-8-6-5-7-9-21,22-10-14-24(46-3)15-11-22)23-12-16-25(47-4)17-13-23;1-4-7(5-2)6-3/h5-17,19-20,26-27,29,33,51H,18H2,1-4H3,(H,44,45)(H2,38,39,40,42,43);4-6H2,1-3H3/t26-,27-,29-,33-;/m1./s1. The van der Waals surface area contributed by atoms with E-state index in [0.717, 1.165) is 5.56 Å². The number of benzene rings is 3. The second kappa shape index (κ2) is 20.1. The molecule has 5 aromatic rings. The lowest BCUT2D eigenvalue weighted by Crippen LogP contribution is -2.38. The minimum atomic E-state index is -3.69. The summed E-state index contributed by atoms with van der Waals surface area (Å²) in [6, 6.07) is 23.9. The monoisotopic (exact) mass is 822 g/mol. The van der Waals surface area contributed by atoms with Gasteiger partial charge in [-0.15, -0.1) is 0 Å². The molecule has 3 heterocycles. The maximum Gasteiger partial charge on any atom is 0.317 e. The molecular formula is C41H52FN6O9P. The van der Waals surface area contributed by atoms with Crippen LogP contribution in [0.25, 0.3) is 11.2 Å². The Kier molecular flexibility index (Phi) is 15.3. The summed E-state index contributed by atoms with van der Waals surface area (Å²) < 4.78 is 58.8. The highest BCUT2D eigenvalue weighted by Gasteiger charge is 2.50. The molecule has 3 aromatic carbocycles. The second-order valence-corrected chi connectivity index (χ2v) is 14.4. The minimum absolute atomic E-state index is 0.0714. The fraction of sp³-hybridized carbons (Fsp3) is 0.415. The number of H-pyrrole nitrogens is 1. The number of aromatic amines is 1. The fourth-order valence-corrected chi connectivity index (χ4v) is 7.16. The van der Waals surface area contributed by atoms with Crippen LogP contribution in [0.5, 0.6) is 11.5 Å². The van der Waals surface area contributed by atoms with Gasteiger partial charge in [0.25, 0.3) is 5.56 Å². The van der Waals surface area contributed by atoms with Crippen LogP contribution in [-0.4, -0.2) is 94.1 Å². The van der Waals surface area contributed by atoms with Crippen LogP contribution in [0.1, 0.15) is 57.5 Å². The third kappa shape index (κ3) is 9.83. The van der Waals surface area contributed by atoms with E-state index in [-0.39, 0.29) is 23.7 Å². The van der Waals surface area contributed by atoms with Gasteiger partial charge >= 0.3 is 8.25 Å². The third-order valence-corrected chi connectivity index (χ3v) is 10.4. The quantitative estimate of drug-likeness (QED) is 0.0772. The molecule has 312 valence electrons. The molecule has 1 aliphatic heterocycles. The summed E-state index contributed by atoms with van der Waals surface area (Å²) >= 11 is 0. The Bertz CT molecular complexity index is 2110. The van der Waals surface area contributed by atoms with E-state index in [1.807, 2.05) is 54.6 Å². The lowest BCUT2D eigenvalue weighted by Gasteiger charge is -2.37. The number of hydrogen-bond donors (Lipinski definition) is 3. The summed E-state index contributed by atoms with van der Waals surface area (Å²) in [4.78, 5) is 48.3. The Morgan fingerprint density at radius 2 is 1.52 bits per heavy atom. The van der Waals surface area contributed by atoms with Gasteiger partial charge in [-0.1, -0.05) is 89.2 Å². The van der Waals surface area contributed by atoms with Gasteiger partial charge in [-0.25, -0.2) is 9.37 Å². The van der Waals surface area contributed by atoms with Crippen LogP contribution in [0.2, 0.25) is 0 Å². The molecule has 15 nitrogen and oxygen atoms in total. The lowest BCUT2D eigenvalue weighted by atomic mass is 9.80. The van der Waals surface area contributed by atoms with E-state index in [1.165, 1.54) is 30.5 Å². The number of anilines is 1. The Labute approximate surface area is 337 Å². The molecule has 5 atom stereocenters. The molecule has 58 heavy (non-hydrogen) atoms. The van der Waals surface area contributed by atoms with Gasteiger partial charge in [0.05, 0.1) is 27.2 Å². The zero-order valence-corrected chi connectivity index (χ0v) is 34.7. The molecule has 17 heteroatoms. The number of amides is 1. The predicted octanol–water partition coefficient (Wildman–Crippen LogP) is 6.09. The second-order valence-electron chi connectivity index (χ2n) is 13.7. The van der Waals surface area contributed by atoms with Gasteiger partial charge in [0, 0.05) is 5.92 Å². The number of halogens is 1. The van der Waals surface area contributed by atoms with Gasteiger partial charge in [0.1, 0.15) is 29.3 Å². The number of imidazole rings is 1. The average Bonchev–Trinajstić information content (AvgIpc) is 3.79. The molecule has 2 aromatic heterocycles. The van der Waals surface area contributed by atoms with Gasteiger partial charge in [-0.3, -0.25) is 33.5 Å². The third-order valence-electron chi connectivity index (χ3n) is 9.95. The van der Waals surface area contributed by atoms with Crippen molar-refractivity contribution in [3.05, 3.63) is 112 Å². The fourth-order valence-electron chi connectivity index (χ4n) is 6.68. The Morgan fingerprint density at radius 1 is 0.966 bits per heavy atom. The maximum absolute atomic E-state index is 16.5. The first-order chi connectivity index (χ1) is 27.9. The topological polar surface area (TPSA) is 179 Å². The van der Waals surface area contributed by atoms with E-state index >= 15 is 4.39 Å². The highest BCUT2D eigenvalue weighted by Crippen LogP contribution is 2.44. The number of ether oxygens (including phenoxy) is 4. The van der Waals surface area contributed by atoms with Crippen molar-refractivity contribution in [2.45, 2.75) is 64.8 Å². The van der Waals surface area contributed by atoms with Crippen LogP contribution in [-0.2, 0) is 29.0 Å². The van der Waals surface area contributed by atoms with Crippen LogP contribution >= 0.6 is 8.25 Å². The number of carbonyl (C=O) groups excluding carboxylic acids is 1. The summed E-state index contributed by atoms with van der Waals surface area (Å²) in [5, 5.41) is 2.53. The normalized spacial score (nSPS) is 18.5. The summed E-state index contributed by atoms with van der Waals surface area (Å²) in [7, 11) is -0.564. The first-order valence-electron chi connectivity index (χ1n) is 19.1. The van der Waals surface area contributed by atoms with Crippen LogP contribution < -0.4 is 20.3 Å². The number of methoxy groups -OCH3 is 2. The maximum atomic E-state index is 16.5.